The quantitative estimate of drug-likeness (QED) is 0.456. The zero-order valence-corrected chi connectivity index (χ0v) is 12.3. The van der Waals surface area contributed by atoms with Crippen LogP contribution in [0.4, 0.5) is 0 Å². The second kappa shape index (κ2) is 6.55. The van der Waals surface area contributed by atoms with E-state index in [0.29, 0.717) is 11.7 Å². The summed E-state index contributed by atoms with van der Waals surface area (Å²) in [6, 6.07) is 0. The monoisotopic (exact) mass is 337 g/mol. The van der Waals surface area contributed by atoms with Crippen molar-refractivity contribution in [3.05, 3.63) is 0 Å². The molecule has 94 valence electrons. The van der Waals surface area contributed by atoms with E-state index >= 15 is 0 Å². The summed E-state index contributed by atoms with van der Waals surface area (Å²) in [7, 11) is 0. The van der Waals surface area contributed by atoms with Crippen molar-refractivity contribution < 1.29 is 4.74 Å². The number of unbranched alkanes of at least 4 members (excludes halogenated alkanes) is 1. The molecule has 1 N–H and O–H groups in total. The average molecular weight is 337 g/mol. The first kappa shape index (κ1) is 13.1. The topological polar surface area (TPSA) is 21.3 Å². The summed E-state index contributed by atoms with van der Waals surface area (Å²) in [6.45, 7) is 2.23. The summed E-state index contributed by atoms with van der Waals surface area (Å²) in [5.74, 6) is 0. The third-order valence-corrected chi connectivity index (χ3v) is 4.73. The molecule has 1 heterocycles. The Morgan fingerprint density at radius 3 is 2.75 bits per heavy atom. The van der Waals surface area contributed by atoms with Crippen LogP contribution in [0.3, 0.4) is 0 Å². The summed E-state index contributed by atoms with van der Waals surface area (Å²) in [5.41, 5.74) is 0.314. The van der Waals surface area contributed by atoms with Gasteiger partial charge in [-0.1, -0.05) is 35.4 Å². The number of hydrogen-bond acceptors (Lipinski definition) is 2. The molecule has 2 aliphatic rings. The third kappa shape index (κ3) is 3.57. The minimum Gasteiger partial charge on any atom is -0.370 e. The van der Waals surface area contributed by atoms with Gasteiger partial charge in [0.1, 0.15) is 0 Å². The molecule has 0 amide bonds. The number of ether oxygens (including phenoxy) is 1. The van der Waals surface area contributed by atoms with Crippen molar-refractivity contribution in [2.45, 2.75) is 63.1 Å². The highest BCUT2D eigenvalue weighted by molar-refractivity contribution is 14.1. The highest BCUT2D eigenvalue weighted by Gasteiger charge is 2.41. The second-order valence-electron chi connectivity index (χ2n) is 5.27. The Kier molecular flexibility index (Phi) is 5.36. The van der Waals surface area contributed by atoms with Crippen molar-refractivity contribution in [3.63, 3.8) is 0 Å². The molecule has 1 unspecified atom stereocenters. The standard InChI is InChI=1S/C13H24INO/c14-9-3-4-10-15-11-12-5-8-13(16-12)6-1-2-7-13/h12,15H,1-11H2. The largest absolute Gasteiger partial charge is 0.370 e. The summed E-state index contributed by atoms with van der Waals surface area (Å²) in [4.78, 5) is 0. The number of alkyl halides is 1. The molecule has 3 heteroatoms. The van der Waals surface area contributed by atoms with Crippen LogP contribution in [0.25, 0.3) is 0 Å². The minimum absolute atomic E-state index is 0.314. The molecule has 2 nitrogen and oxygen atoms in total. The van der Waals surface area contributed by atoms with Crippen molar-refractivity contribution >= 4 is 22.6 Å². The van der Waals surface area contributed by atoms with Crippen LogP contribution < -0.4 is 5.32 Å². The molecule has 0 radical (unpaired) electrons. The fraction of sp³-hybridized carbons (Fsp3) is 1.00. The molecule has 0 aromatic rings. The first-order valence-corrected chi connectivity index (χ1v) is 8.32. The van der Waals surface area contributed by atoms with E-state index in [0.717, 1.165) is 13.1 Å². The fourth-order valence-electron chi connectivity index (χ4n) is 3.03. The lowest BCUT2D eigenvalue weighted by molar-refractivity contribution is -0.0350. The van der Waals surface area contributed by atoms with Gasteiger partial charge in [0, 0.05) is 6.54 Å². The molecular formula is C13H24INO. The molecule has 0 aromatic heterocycles. The Bertz CT molecular complexity index is 204. The van der Waals surface area contributed by atoms with Crippen LogP contribution in [-0.2, 0) is 4.74 Å². The summed E-state index contributed by atoms with van der Waals surface area (Å²) < 4.78 is 7.53. The minimum atomic E-state index is 0.314. The fourth-order valence-corrected chi connectivity index (χ4v) is 3.57. The Balaban J connectivity index is 1.58. The zero-order chi connectivity index (χ0) is 11.3. The zero-order valence-electron chi connectivity index (χ0n) is 10.1. The third-order valence-electron chi connectivity index (χ3n) is 3.96. The Morgan fingerprint density at radius 1 is 1.19 bits per heavy atom. The van der Waals surface area contributed by atoms with E-state index in [2.05, 4.69) is 27.9 Å². The molecule has 2 rings (SSSR count). The van der Waals surface area contributed by atoms with Gasteiger partial charge in [0.05, 0.1) is 11.7 Å². The van der Waals surface area contributed by atoms with Crippen molar-refractivity contribution in [1.82, 2.24) is 5.32 Å². The molecule has 1 aliphatic heterocycles. The molecule has 1 saturated carbocycles. The van der Waals surface area contributed by atoms with Crippen LogP contribution in [0, 0.1) is 0 Å². The van der Waals surface area contributed by atoms with E-state index in [1.807, 2.05) is 0 Å². The maximum Gasteiger partial charge on any atom is 0.0708 e. The highest BCUT2D eigenvalue weighted by Crippen LogP contribution is 2.43. The van der Waals surface area contributed by atoms with E-state index in [4.69, 9.17) is 4.74 Å². The van der Waals surface area contributed by atoms with Crippen LogP contribution in [-0.4, -0.2) is 29.2 Å². The van der Waals surface area contributed by atoms with Crippen molar-refractivity contribution in [2.24, 2.45) is 0 Å². The van der Waals surface area contributed by atoms with Gasteiger partial charge in [-0.2, -0.15) is 0 Å². The van der Waals surface area contributed by atoms with Gasteiger partial charge in [0.15, 0.2) is 0 Å². The number of rotatable bonds is 6. The van der Waals surface area contributed by atoms with Gasteiger partial charge in [0.25, 0.3) is 0 Å². The normalized spacial score (nSPS) is 27.9. The number of halogens is 1. The first-order chi connectivity index (χ1) is 7.85. The van der Waals surface area contributed by atoms with Gasteiger partial charge in [0.2, 0.25) is 0 Å². The molecule has 1 spiro atoms. The molecule has 1 aliphatic carbocycles. The molecule has 0 aromatic carbocycles. The van der Waals surface area contributed by atoms with Crippen LogP contribution in [0.2, 0.25) is 0 Å². The van der Waals surface area contributed by atoms with Crippen molar-refractivity contribution in [3.8, 4) is 0 Å². The Labute approximate surface area is 113 Å². The maximum absolute atomic E-state index is 6.25. The predicted molar refractivity (Wildman–Crippen MR) is 76.3 cm³/mol. The van der Waals surface area contributed by atoms with Gasteiger partial charge in [-0.25, -0.2) is 0 Å². The number of nitrogens with one attached hydrogen (secondary N) is 1. The van der Waals surface area contributed by atoms with Gasteiger partial charge in [-0.15, -0.1) is 0 Å². The van der Waals surface area contributed by atoms with Crippen LogP contribution in [0.5, 0.6) is 0 Å². The highest BCUT2D eigenvalue weighted by atomic mass is 127. The van der Waals surface area contributed by atoms with Gasteiger partial charge >= 0.3 is 0 Å². The van der Waals surface area contributed by atoms with Gasteiger partial charge in [-0.05, 0) is 49.5 Å². The average Bonchev–Trinajstić information content (AvgIpc) is 2.90. The first-order valence-electron chi connectivity index (χ1n) is 6.79. The van der Waals surface area contributed by atoms with Crippen molar-refractivity contribution in [2.75, 3.05) is 17.5 Å². The maximum atomic E-state index is 6.25. The van der Waals surface area contributed by atoms with Crippen LogP contribution in [0.1, 0.15) is 51.4 Å². The van der Waals surface area contributed by atoms with Gasteiger partial charge in [-0.3, -0.25) is 0 Å². The van der Waals surface area contributed by atoms with E-state index in [-0.39, 0.29) is 0 Å². The van der Waals surface area contributed by atoms with Crippen LogP contribution in [0.15, 0.2) is 0 Å². The SMILES string of the molecule is ICCCCNCC1CCC2(CCCC2)O1. The van der Waals surface area contributed by atoms with E-state index in [1.165, 1.54) is 55.8 Å². The molecule has 2 fully saturated rings. The molecule has 0 bridgehead atoms. The lowest BCUT2D eigenvalue weighted by Gasteiger charge is -2.23. The summed E-state index contributed by atoms with van der Waals surface area (Å²) >= 11 is 2.45. The molecule has 16 heavy (non-hydrogen) atoms. The Hall–Kier alpha value is 0.650. The molecule has 1 saturated heterocycles. The van der Waals surface area contributed by atoms with E-state index < -0.39 is 0 Å². The molecule has 1 atom stereocenters. The summed E-state index contributed by atoms with van der Waals surface area (Å²) in [6.07, 6.45) is 11.1. The number of hydrogen-bond donors (Lipinski definition) is 1. The smallest absolute Gasteiger partial charge is 0.0708 e. The Morgan fingerprint density at radius 2 is 2.00 bits per heavy atom. The van der Waals surface area contributed by atoms with Gasteiger partial charge < -0.3 is 10.1 Å². The lowest BCUT2D eigenvalue weighted by Crippen LogP contribution is -2.31. The predicted octanol–water partition coefficient (Wildman–Crippen LogP) is 3.28. The molecular weight excluding hydrogens is 313 g/mol. The summed E-state index contributed by atoms with van der Waals surface area (Å²) in [5, 5.41) is 3.54. The van der Waals surface area contributed by atoms with E-state index in [1.54, 1.807) is 0 Å². The van der Waals surface area contributed by atoms with Crippen LogP contribution >= 0.6 is 22.6 Å². The second-order valence-corrected chi connectivity index (χ2v) is 6.35. The lowest BCUT2D eigenvalue weighted by atomic mass is 9.98. The van der Waals surface area contributed by atoms with Crippen molar-refractivity contribution in [1.29, 1.82) is 0 Å². The van der Waals surface area contributed by atoms with E-state index in [9.17, 15) is 0 Å².